The van der Waals surface area contributed by atoms with Crippen LogP contribution in [0.4, 0.5) is 5.69 Å². The molecule has 1 amide bonds. The molecule has 2 aromatic heterocycles. The number of nitrogens with one attached hydrogen (secondary N) is 1. The van der Waals surface area contributed by atoms with Crippen LogP contribution in [0.15, 0.2) is 66.1 Å². The third-order valence-corrected chi connectivity index (χ3v) is 5.95. The highest BCUT2D eigenvalue weighted by molar-refractivity contribution is 7.98. The highest BCUT2D eigenvalue weighted by Crippen LogP contribution is 2.28. The molecule has 8 heteroatoms. The minimum atomic E-state index is -0.180. The van der Waals surface area contributed by atoms with Crippen molar-refractivity contribution >= 4 is 34.4 Å². The van der Waals surface area contributed by atoms with E-state index in [2.05, 4.69) is 35.4 Å². The van der Waals surface area contributed by atoms with E-state index in [4.69, 9.17) is 14.5 Å². The molecule has 2 aromatic carbocycles. The van der Waals surface area contributed by atoms with E-state index in [1.54, 1.807) is 56.6 Å². The van der Waals surface area contributed by atoms with Crippen LogP contribution in [0.1, 0.15) is 11.1 Å². The molecule has 0 radical (unpaired) electrons. The zero-order valence-electron chi connectivity index (χ0n) is 18.2. The molecule has 0 aliphatic carbocycles. The number of anilines is 1. The highest BCUT2D eigenvalue weighted by Gasteiger charge is 2.15. The van der Waals surface area contributed by atoms with Crippen molar-refractivity contribution in [2.24, 2.45) is 0 Å². The van der Waals surface area contributed by atoms with Crippen LogP contribution in [-0.2, 0) is 17.1 Å². The lowest BCUT2D eigenvalue weighted by atomic mass is 10.2. The number of nitrogens with zero attached hydrogens (tertiary/aromatic N) is 3. The summed E-state index contributed by atoms with van der Waals surface area (Å²) >= 11 is 1.60. The van der Waals surface area contributed by atoms with Gasteiger partial charge in [0.1, 0.15) is 18.0 Å². The highest BCUT2D eigenvalue weighted by atomic mass is 32.2. The summed E-state index contributed by atoms with van der Waals surface area (Å²) < 4.78 is 12.5. The van der Waals surface area contributed by atoms with Gasteiger partial charge in [0.05, 0.1) is 31.4 Å². The van der Waals surface area contributed by atoms with Gasteiger partial charge in [-0.05, 0) is 18.6 Å². The molecule has 0 aliphatic rings. The number of imidazole rings is 1. The Kier molecular flexibility index (Phi) is 6.61. The first-order valence-electron chi connectivity index (χ1n) is 10.1. The third kappa shape index (κ3) is 5.03. The number of methoxy groups -OCH3 is 2. The van der Waals surface area contributed by atoms with Gasteiger partial charge < -0.3 is 19.4 Å². The number of benzene rings is 2. The molecule has 0 spiro atoms. The Morgan fingerprint density at radius 2 is 1.88 bits per heavy atom. The van der Waals surface area contributed by atoms with Crippen molar-refractivity contribution in [2.75, 3.05) is 19.5 Å². The predicted molar refractivity (Wildman–Crippen MR) is 126 cm³/mol. The summed E-state index contributed by atoms with van der Waals surface area (Å²) in [7, 11) is 3.14. The maximum Gasteiger partial charge on any atom is 0.244 e. The number of hydrogen-bond acceptors (Lipinski definition) is 6. The number of ether oxygens (including phenoxy) is 2. The predicted octanol–water partition coefficient (Wildman–Crippen LogP) is 4.69. The Labute approximate surface area is 190 Å². The Morgan fingerprint density at radius 1 is 1.09 bits per heavy atom. The first-order valence-corrected chi connectivity index (χ1v) is 11.1. The number of amides is 1. The van der Waals surface area contributed by atoms with E-state index in [-0.39, 0.29) is 12.5 Å². The number of aromatic nitrogens is 3. The molecule has 7 nitrogen and oxygen atoms in total. The quantitative estimate of drug-likeness (QED) is 0.394. The van der Waals surface area contributed by atoms with Gasteiger partial charge >= 0.3 is 0 Å². The maximum atomic E-state index is 12.9. The molecule has 4 rings (SSSR count). The zero-order valence-corrected chi connectivity index (χ0v) is 19.0. The van der Waals surface area contributed by atoms with Gasteiger partial charge in [0.15, 0.2) is 5.16 Å². The average molecular weight is 449 g/mol. The Balaban J connectivity index is 1.56. The smallest absolute Gasteiger partial charge is 0.244 e. The molecule has 0 saturated heterocycles. The minimum Gasteiger partial charge on any atom is -0.497 e. The molecular formula is C24H24N4O3S. The number of aryl methyl sites for hydroxylation is 1. The van der Waals surface area contributed by atoms with Crippen molar-refractivity contribution < 1.29 is 14.3 Å². The molecule has 0 atom stereocenters. The molecule has 0 saturated carbocycles. The van der Waals surface area contributed by atoms with Gasteiger partial charge in [0, 0.05) is 35.8 Å². The molecule has 32 heavy (non-hydrogen) atoms. The van der Waals surface area contributed by atoms with Gasteiger partial charge in [-0.25, -0.2) is 4.98 Å². The number of fused-ring (bicyclic) bond motifs is 1. The van der Waals surface area contributed by atoms with Crippen LogP contribution in [0.2, 0.25) is 0 Å². The monoisotopic (exact) mass is 448 g/mol. The number of carbonyl (C=O) groups is 1. The summed E-state index contributed by atoms with van der Waals surface area (Å²) in [5.41, 5.74) is 4.65. The largest absolute Gasteiger partial charge is 0.497 e. The Bertz CT molecular complexity index is 1230. The summed E-state index contributed by atoms with van der Waals surface area (Å²) in [5.74, 6) is 1.78. The molecule has 1 N–H and O–H groups in total. The molecular weight excluding hydrogens is 424 g/mol. The van der Waals surface area contributed by atoms with Crippen molar-refractivity contribution in [1.82, 2.24) is 14.5 Å². The van der Waals surface area contributed by atoms with Gasteiger partial charge in [-0.2, -0.15) is 0 Å². The molecule has 0 bridgehead atoms. The van der Waals surface area contributed by atoms with E-state index < -0.39 is 0 Å². The van der Waals surface area contributed by atoms with Gasteiger partial charge in [-0.1, -0.05) is 41.6 Å². The van der Waals surface area contributed by atoms with Crippen LogP contribution in [0.5, 0.6) is 11.5 Å². The Morgan fingerprint density at radius 3 is 2.59 bits per heavy atom. The lowest BCUT2D eigenvalue weighted by molar-refractivity contribution is -0.116. The van der Waals surface area contributed by atoms with Gasteiger partial charge in [0.25, 0.3) is 0 Å². The van der Waals surface area contributed by atoms with E-state index in [1.807, 2.05) is 16.7 Å². The van der Waals surface area contributed by atoms with Crippen LogP contribution >= 0.6 is 11.8 Å². The summed E-state index contributed by atoms with van der Waals surface area (Å²) in [6, 6.07) is 15.5. The van der Waals surface area contributed by atoms with Crippen molar-refractivity contribution in [2.45, 2.75) is 24.4 Å². The first kappa shape index (κ1) is 21.7. The van der Waals surface area contributed by atoms with Crippen molar-refractivity contribution in [3.8, 4) is 11.5 Å². The van der Waals surface area contributed by atoms with Crippen molar-refractivity contribution in [3.05, 3.63) is 72.1 Å². The van der Waals surface area contributed by atoms with Gasteiger partial charge in [-0.15, -0.1) is 0 Å². The molecule has 4 aromatic rings. The fourth-order valence-electron chi connectivity index (χ4n) is 3.38. The van der Waals surface area contributed by atoms with Crippen molar-refractivity contribution in [1.29, 1.82) is 0 Å². The summed E-state index contributed by atoms with van der Waals surface area (Å²) in [6.45, 7) is 2.19. The number of hydrogen-bond donors (Lipinski definition) is 1. The van der Waals surface area contributed by atoms with Gasteiger partial charge in [-0.3, -0.25) is 9.78 Å². The topological polar surface area (TPSA) is 78.3 Å². The number of carbonyl (C=O) groups excluding carboxylic acids is 1. The van der Waals surface area contributed by atoms with Gasteiger partial charge in [0.2, 0.25) is 5.91 Å². The van der Waals surface area contributed by atoms with E-state index in [1.165, 1.54) is 11.1 Å². The normalized spacial score (nSPS) is 10.8. The molecule has 2 heterocycles. The minimum absolute atomic E-state index is 0.109. The van der Waals surface area contributed by atoms with Crippen LogP contribution in [-0.4, -0.2) is 34.7 Å². The molecule has 0 fully saturated rings. The second kappa shape index (κ2) is 9.74. The van der Waals surface area contributed by atoms with E-state index >= 15 is 0 Å². The lowest BCUT2D eigenvalue weighted by Crippen LogP contribution is -2.19. The van der Waals surface area contributed by atoms with Crippen LogP contribution in [0.3, 0.4) is 0 Å². The van der Waals surface area contributed by atoms with E-state index in [9.17, 15) is 4.79 Å². The maximum absolute atomic E-state index is 12.9. The van der Waals surface area contributed by atoms with Crippen molar-refractivity contribution in [3.63, 3.8) is 0 Å². The number of pyridine rings is 1. The summed E-state index contributed by atoms with van der Waals surface area (Å²) in [5, 5.41) is 3.70. The zero-order chi connectivity index (χ0) is 22.5. The average Bonchev–Trinajstić information content (AvgIpc) is 3.14. The number of rotatable bonds is 8. The van der Waals surface area contributed by atoms with Crippen LogP contribution < -0.4 is 14.8 Å². The number of thioether (sulfide) groups is 1. The fraction of sp³-hybridized carbons (Fsp3) is 0.208. The first-order chi connectivity index (χ1) is 15.6. The van der Waals surface area contributed by atoms with Crippen LogP contribution in [0.25, 0.3) is 11.0 Å². The standard InChI is InChI=1S/C24H24N4O3S/c1-16-5-4-6-17(9-16)15-32-24-27-21-7-8-25-13-22(21)28(24)14-23(29)26-18-10-19(30-2)12-20(11-18)31-3/h4-13H,14-15H2,1-3H3,(H,26,29). The van der Waals surface area contributed by atoms with Crippen LogP contribution in [0, 0.1) is 6.92 Å². The molecule has 0 unspecified atom stereocenters. The fourth-order valence-corrected chi connectivity index (χ4v) is 4.34. The summed E-state index contributed by atoms with van der Waals surface area (Å²) in [4.78, 5) is 21.9. The lowest BCUT2D eigenvalue weighted by Gasteiger charge is -2.12. The van der Waals surface area contributed by atoms with E-state index in [0.717, 1.165) is 21.9 Å². The molecule has 164 valence electrons. The second-order valence-electron chi connectivity index (χ2n) is 7.27. The third-order valence-electron chi connectivity index (χ3n) is 4.90. The Hall–Kier alpha value is -3.52. The molecule has 0 aliphatic heterocycles. The van der Waals surface area contributed by atoms with E-state index in [0.29, 0.717) is 17.2 Å². The summed E-state index contributed by atoms with van der Waals surface area (Å²) in [6.07, 6.45) is 3.44. The second-order valence-corrected chi connectivity index (χ2v) is 8.21. The SMILES string of the molecule is COc1cc(NC(=O)Cn2c(SCc3cccc(C)c3)nc3ccncc32)cc(OC)c1.